The molecular weight excluding hydrogens is 216 g/mol. The number of hydrogen-bond donors (Lipinski definition) is 1. The lowest BCUT2D eigenvalue weighted by Gasteiger charge is -2.55. The molecule has 0 aromatic rings. The van der Waals surface area contributed by atoms with Gasteiger partial charge in [0.05, 0.1) is 0 Å². The van der Waals surface area contributed by atoms with Crippen molar-refractivity contribution in [1.82, 2.24) is 4.90 Å². The highest BCUT2D eigenvalue weighted by Gasteiger charge is 2.48. The maximum absolute atomic E-state index is 6.32. The highest BCUT2D eigenvalue weighted by atomic mass is 16.0. The van der Waals surface area contributed by atoms with Crippen LogP contribution in [0.3, 0.4) is 0 Å². The summed E-state index contributed by atoms with van der Waals surface area (Å²) in [7, 11) is 6.00. The van der Waals surface area contributed by atoms with Crippen LogP contribution in [0, 0.1) is 17.8 Å². The third-order valence-electron chi connectivity index (χ3n) is 4.09. The van der Waals surface area contributed by atoms with Crippen molar-refractivity contribution in [1.29, 1.82) is 0 Å². The second kappa shape index (κ2) is 6.14. The number of nitrogens with zero attached hydrogens (tertiary/aromatic N) is 1. The predicted octanol–water partition coefficient (Wildman–Crippen LogP) is 0.442. The molecule has 4 nitrogen and oxygen atoms in total. The van der Waals surface area contributed by atoms with Crippen LogP contribution < -0.4 is 5.73 Å². The summed E-state index contributed by atoms with van der Waals surface area (Å²) in [4.78, 5) is 2.00. The van der Waals surface area contributed by atoms with Crippen LogP contribution in [0.25, 0.3) is 0 Å². The van der Waals surface area contributed by atoms with Crippen molar-refractivity contribution >= 4 is 0 Å². The average Bonchev–Trinajstić information content (AvgIpc) is 1.96. The van der Waals surface area contributed by atoms with E-state index in [2.05, 4.69) is 0 Å². The SMILES string of the molecule is CN(C)C.NC12CC3CC(CC(C3)C1)C2.O.O. The highest BCUT2D eigenvalue weighted by Crippen LogP contribution is 2.54. The van der Waals surface area contributed by atoms with E-state index in [4.69, 9.17) is 5.73 Å². The van der Waals surface area contributed by atoms with E-state index in [1.807, 2.05) is 26.0 Å². The lowest BCUT2D eigenvalue weighted by Crippen LogP contribution is -2.55. The Bertz CT molecular complexity index is 193. The fourth-order valence-electron chi connectivity index (χ4n) is 4.18. The monoisotopic (exact) mass is 246 g/mol. The molecule has 0 spiro atoms. The van der Waals surface area contributed by atoms with Crippen LogP contribution >= 0.6 is 0 Å². The Morgan fingerprint density at radius 3 is 1.24 bits per heavy atom. The standard InChI is InChI=1S/C10H17N.C3H9N.2H2O/c11-10-4-7-1-8(5-10)3-9(2-7)6-10;1-4(2)3;;/h7-9H,1-6,11H2;1-3H3;2*1H2. The van der Waals surface area contributed by atoms with Gasteiger partial charge < -0.3 is 21.6 Å². The lowest BCUT2D eigenvalue weighted by atomic mass is 9.53. The molecule has 0 aromatic heterocycles. The third kappa shape index (κ3) is 4.21. The van der Waals surface area contributed by atoms with Gasteiger partial charge in [-0.2, -0.15) is 0 Å². The first-order valence-electron chi connectivity index (χ1n) is 6.37. The summed E-state index contributed by atoms with van der Waals surface area (Å²) in [5.41, 5.74) is 6.62. The van der Waals surface area contributed by atoms with Crippen molar-refractivity contribution in [3.05, 3.63) is 0 Å². The fourth-order valence-corrected chi connectivity index (χ4v) is 4.18. The molecule has 0 amide bonds. The van der Waals surface area contributed by atoms with Crippen LogP contribution in [0.4, 0.5) is 0 Å². The van der Waals surface area contributed by atoms with Crippen LogP contribution in [-0.2, 0) is 0 Å². The molecule has 17 heavy (non-hydrogen) atoms. The van der Waals surface area contributed by atoms with E-state index in [0.29, 0.717) is 5.54 Å². The molecule has 0 saturated heterocycles. The van der Waals surface area contributed by atoms with Crippen LogP contribution in [0.2, 0.25) is 0 Å². The molecule has 0 radical (unpaired) electrons. The predicted molar refractivity (Wildman–Crippen MR) is 71.9 cm³/mol. The summed E-state index contributed by atoms with van der Waals surface area (Å²) in [6.45, 7) is 0. The maximum Gasteiger partial charge on any atom is 0.0162 e. The summed E-state index contributed by atoms with van der Waals surface area (Å²) in [6.07, 6.45) is 8.57. The van der Waals surface area contributed by atoms with Crippen molar-refractivity contribution in [2.24, 2.45) is 23.5 Å². The zero-order valence-electron chi connectivity index (χ0n) is 11.5. The van der Waals surface area contributed by atoms with E-state index in [1.165, 1.54) is 38.5 Å². The summed E-state index contributed by atoms with van der Waals surface area (Å²) in [6, 6.07) is 0. The quantitative estimate of drug-likeness (QED) is 0.671. The third-order valence-corrected chi connectivity index (χ3v) is 4.09. The van der Waals surface area contributed by atoms with Gasteiger partial charge in [0.15, 0.2) is 0 Å². The van der Waals surface area contributed by atoms with E-state index in [-0.39, 0.29) is 11.0 Å². The van der Waals surface area contributed by atoms with E-state index < -0.39 is 0 Å². The van der Waals surface area contributed by atoms with Gasteiger partial charge >= 0.3 is 0 Å². The minimum Gasteiger partial charge on any atom is -0.412 e. The number of nitrogens with two attached hydrogens (primary N) is 1. The van der Waals surface area contributed by atoms with Gasteiger partial charge in [-0.05, 0) is 77.4 Å². The Labute approximate surface area is 105 Å². The average molecular weight is 246 g/mol. The number of hydrogen-bond acceptors (Lipinski definition) is 2. The van der Waals surface area contributed by atoms with Crippen LogP contribution in [0.15, 0.2) is 0 Å². The Hall–Kier alpha value is -0.160. The minimum atomic E-state index is 0. The smallest absolute Gasteiger partial charge is 0.0162 e. The number of rotatable bonds is 0. The molecule has 4 aliphatic carbocycles. The molecule has 0 aliphatic heterocycles. The topological polar surface area (TPSA) is 92.3 Å². The zero-order chi connectivity index (χ0) is 11.1. The zero-order valence-corrected chi connectivity index (χ0v) is 11.5. The van der Waals surface area contributed by atoms with Gasteiger partial charge in [0.2, 0.25) is 0 Å². The first kappa shape index (κ1) is 16.8. The Kier molecular flexibility index (Phi) is 6.08. The molecule has 0 unspecified atom stereocenters. The van der Waals surface area contributed by atoms with Gasteiger partial charge in [0, 0.05) is 5.54 Å². The van der Waals surface area contributed by atoms with Crippen molar-refractivity contribution < 1.29 is 11.0 Å². The minimum absolute atomic E-state index is 0. The molecule has 6 N–H and O–H groups in total. The molecule has 0 atom stereocenters. The van der Waals surface area contributed by atoms with Crippen molar-refractivity contribution in [3.63, 3.8) is 0 Å². The van der Waals surface area contributed by atoms with Crippen molar-refractivity contribution in [2.45, 2.75) is 44.1 Å². The summed E-state index contributed by atoms with van der Waals surface area (Å²) < 4.78 is 0. The molecule has 4 aliphatic rings. The van der Waals surface area contributed by atoms with Gasteiger partial charge in [0.25, 0.3) is 0 Å². The Morgan fingerprint density at radius 1 is 0.824 bits per heavy atom. The molecular formula is C13H30N2O2. The van der Waals surface area contributed by atoms with E-state index >= 15 is 0 Å². The van der Waals surface area contributed by atoms with Crippen LogP contribution in [0.5, 0.6) is 0 Å². The van der Waals surface area contributed by atoms with E-state index in [9.17, 15) is 0 Å². The summed E-state index contributed by atoms with van der Waals surface area (Å²) >= 11 is 0. The maximum atomic E-state index is 6.32. The normalized spacial score (nSPS) is 41.1. The molecule has 4 rings (SSSR count). The second-order valence-corrected chi connectivity index (χ2v) is 6.62. The van der Waals surface area contributed by atoms with Crippen LogP contribution in [0.1, 0.15) is 38.5 Å². The van der Waals surface area contributed by atoms with Gasteiger partial charge in [-0.15, -0.1) is 0 Å². The molecule has 4 saturated carbocycles. The van der Waals surface area contributed by atoms with Gasteiger partial charge in [0.1, 0.15) is 0 Å². The Morgan fingerprint density at radius 2 is 1.06 bits per heavy atom. The summed E-state index contributed by atoms with van der Waals surface area (Å²) in [5.74, 6) is 3.06. The first-order valence-corrected chi connectivity index (χ1v) is 6.37. The van der Waals surface area contributed by atoms with E-state index in [1.54, 1.807) is 0 Å². The van der Waals surface area contributed by atoms with Gasteiger partial charge in [-0.1, -0.05) is 0 Å². The molecule has 4 bridgehead atoms. The lowest BCUT2D eigenvalue weighted by molar-refractivity contribution is 0.000365. The molecule has 0 heterocycles. The largest absolute Gasteiger partial charge is 0.412 e. The van der Waals surface area contributed by atoms with Crippen molar-refractivity contribution in [2.75, 3.05) is 21.1 Å². The molecule has 4 fully saturated rings. The fraction of sp³-hybridized carbons (Fsp3) is 1.00. The second-order valence-electron chi connectivity index (χ2n) is 6.62. The molecule has 104 valence electrons. The van der Waals surface area contributed by atoms with Crippen molar-refractivity contribution in [3.8, 4) is 0 Å². The molecule has 4 heteroatoms. The van der Waals surface area contributed by atoms with Crippen LogP contribution in [-0.4, -0.2) is 42.5 Å². The van der Waals surface area contributed by atoms with E-state index in [0.717, 1.165) is 17.8 Å². The Balaban J connectivity index is 0.000000384. The summed E-state index contributed by atoms with van der Waals surface area (Å²) in [5, 5.41) is 0. The highest BCUT2D eigenvalue weighted by molar-refractivity contribution is 5.04. The van der Waals surface area contributed by atoms with Gasteiger partial charge in [-0.3, -0.25) is 0 Å². The van der Waals surface area contributed by atoms with Gasteiger partial charge in [-0.25, -0.2) is 0 Å². The first-order chi connectivity index (χ1) is 6.97. The molecule has 0 aromatic carbocycles.